The van der Waals surface area contributed by atoms with E-state index in [0.29, 0.717) is 19.4 Å². The zero-order valence-electron chi connectivity index (χ0n) is 14.6. The van der Waals surface area contributed by atoms with Crippen LogP contribution in [0.1, 0.15) is 40.0 Å². The molecule has 1 heterocycles. The highest BCUT2D eigenvalue weighted by Gasteiger charge is 2.42. The molecule has 0 unspecified atom stereocenters. The van der Waals surface area contributed by atoms with Gasteiger partial charge in [0.2, 0.25) is 0 Å². The van der Waals surface area contributed by atoms with Crippen LogP contribution in [0.15, 0.2) is 0 Å². The van der Waals surface area contributed by atoms with Crippen molar-refractivity contribution >= 4 is 14.0 Å². The number of ether oxygens (including phenoxy) is 2. The average Bonchev–Trinajstić information content (AvgIpc) is 2.68. The van der Waals surface area contributed by atoms with Crippen molar-refractivity contribution in [3.8, 4) is 0 Å². The summed E-state index contributed by atoms with van der Waals surface area (Å²) in [4.78, 5) is 0. The Morgan fingerprint density at radius 3 is 2.33 bits per heavy atom. The Bertz CT molecular complexity index is 372. The van der Waals surface area contributed by atoms with E-state index in [2.05, 4.69) is 33.9 Å². The first-order chi connectivity index (χ1) is 9.60. The van der Waals surface area contributed by atoms with Crippen molar-refractivity contribution in [1.82, 2.24) is 0 Å². The Morgan fingerprint density at radius 1 is 1.29 bits per heavy atom. The van der Waals surface area contributed by atoms with Crippen LogP contribution in [0.5, 0.6) is 0 Å². The van der Waals surface area contributed by atoms with Crippen LogP contribution in [0.3, 0.4) is 0 Å². The SMILES string of the molecule is COC(CCC1=[N+]([O-])C[C@H](O[Si](C)(C)C(C)(C)C)C1)OC. The Labute approximate surface area is 130 Å². The molecule has 1 aliphatic rings. The number of hydrogen-bond donors (Lipinski definition) is 0. The minimum Gasteiger partial charge on any atom is -0.624 e. The Hall–Kier alpha value is -0.433. The lowest BCUT2D eigenvalue weighted by Gasteiger charge is -2.37. The van der Waals surface area contributed by atoms with E-state index in [1.54, 1.807) is 14.2 Å². The predicted molar refractivity (Wildman–Crippen MR) is 87.2 cm³/mol. The lowest BCUT2D eigenvalue weighted by Crippen LogP contribution is -2.44. The van der Waals surface area contributed by atoms with Gasteiger partial charge in [-0.15, -0.1) is 0 Å². The van der Waals surface area contributed by atoms with Gasteiger partial charge in [0.1, 0.15) is 6.10 Å². The maximum Gasteiger partial charge on any atom is 0.192 e. The first-order valence-corrected chi connectivity index (χ1v) is 10.5. The average molecular weight is 318 g/mol. The zero-order chi connectivity index (χ0) is 16.3. The molecule has 124 valence electrons. The van der Waals surface area contributed by atoms with Crippen LogP contribution in [0.2, 0.25) is 18.1 Å². The molecule has 0 aromatic heterocycles. The van der Waals surface area contributed by atoms with E-state index in [9.17, 15) is 5.21 Å². The summed E-state index contributed by atoms with van der Waals surface area (Å²) in [5.41, 5.74) is 0.901. The maximum atomic E-state index is 12.0. The lowest BCUT2D eigenvalue weighted by molar-refractivity contribution is -0.456. The van der Waals surface area contributed by atoms with E-state index in [0.717, 1.165) is 16.9 Å². The number of hydroxylamine groups is 1. The van der Waals surface area contributed by atoms with Gasteiger partial charge >= 0.3 is 0 Å². The molecule has 0 aromatic rings. The molecule has 1 atom stereocenters. The molecule has 0 amide bonds. The summed E-state index contributed by atoms with van der Waals surface area (Å²) >= 11 is 0. The monoisotopic (exact) mass is 317 g/mol. The molecular formula is C15H31NO4Si. The Kier molecular flexibility index (Phi) is 6.40. The van der Waals surface area contributed by atoms with Gasteiger partial charge in [0, 0.05) is 27.1 Å². The molecule has 0 aromatic carbocycles. The minimum absolute atomic E-state index is 0.0296. The molecule has 1 aliphatic heterocycles. The van der Waals surface area contributed by atoms with Gasteiger partial charge in [-0.3, -0.25) is 0 Å². The van der Waals surface area contributed by atoms with E-state index in [4.69, 9.17) is 13.9 Å². The second kappa shape index (κ2) is 7.22. The normalized spacial score (nSPS) is 20.7. The van der Waals surface area contributed by atoms with Crippen molar-refractivity contribution in [3.63, 3.8) is 0 Å². The van der Waals surface area contributed by atoms with Crippen molar-refractivity contribution < 1.29 is 18.6 Å². The number of nitrogens with zero attached hydrogens (tertiary/aromatic N) is 1. The van der Waals surface area contributed by atoms with E-state index in [1.807, 2.05) is 0 Å². The zero-order valence-corrected chi connectivity index (χ0v) is 15.6. The largest absolute Gasteiger partial charge is 0.624 e. The fourth-order valence-corrected chi connectivity index (χ4v) is 3.60. The van der Waals surface area contributed by atoms with Crippen molar-refractivity contribution in [2.75, 3.05) is 20.8 Å². The van der Waals surface area contributed by atoms with Crippen molar-refractivity contribution in [1.29, 1.82) is 0 Å². The first kappa shape index (κ1) is 18.6. The molecule has 0 radical (unpaired) electrons. The first-order valence-electron chi connectivity index (χ1n) is 7.63. The van der Waals surface area contributed by atoms with E-state index >= 15 is 0 Å². The summed E-state index contributed by atoms with van der Waals surface area (Å²) in [5.74, 6) is 0. The second-order valence-electron chi connectivity index (χ2n) is 7.27. The van der Waals surface area contributed by atoms with Crippen LogP contribution in [0, 0.1) is 5.21 Å². The van der Waals surface area contributed by atoms with E-state index in [1.165, 1.54) is 0 Å². The minimum atomic E-state index is -1.82. The van der Waals surface area contributed by atoms with Crippen LogP contribution in [0.4, 0.5) is 0 Å². The third kappa shape index (κ3) is 5.05. The smallest absolute Gasteiger partial charge is 0.192 e. The van der Waals surface area contributed by atoms with Crippen molar-refractivity contribution in [2.45, 2.75) is 70.6 Å². The van der Waals surface area contributed by atoms with Crippen LogP contribution < -0.4 is 0 Å². The summed E-state index contributed by atoms with van der Waals surface area (Å²) in [6, 6.07) is 0. The predicted octanol–water partition coefficient (Wildman–Crippen LogP) is 3.13. The fraction of sp³-hybridized carbons (Fsp3) is 0.933. The van der Waals surface area contributed by atoms with E-state index < -0.39 is 8.32 Å². The highest BCUT2D eigenvalue weighted by atomic mass is 28.4. The van der Waals surface area contributed by atoms with Gasteiger partial charge in [0.15, 0.2) is 26.9 Å². The highest BCUT2D eigenvalue weighted by Crippen LogP contribution is 2.38. The Balaban J connectivity index is 2.53. The summed E-state index contributed by atoms with van der Waals surface area (Å²) in [6.07, 6.45) is 1.92. The van der Waals surface area contributed by atoms with Crippen LogP contribution in [-0.2, 0) is 13.9 Å². The van der Waals surface area contributed by atoms with Crippen molar-refractivity contribution in [2.24, 2.45) is 0 Å². The van der Waals surface area contributed by atoms with Crippen LogP contribution in [-0.4, -0.2) is 51.9 Å². The summed E-state index contributed by atoms with van der Waals surface area (Å²) in [5, 5.41) is 12.2. The molecule has 0 spiro atoms. The van der Waals surface area contributed by atoms with Gasteiger partial charge in [0.25, 0.3) is 0 Å². The summed E-state index contributed by atoms with van der Waals surface area (Å²) < 4.78 is 17.8. The van der Waals surface area contributed by atoms with Crippen LogP contribution in [0.25, 0.3) is 0 Å². The summed E-state index contributed by atoms with van der Waals surface area (Å²) in [6.45, 7) is 11.6. The molecular weight excluding hydrogens is 286 g/mol. The molecule has 0 saturated heterocycles. The molecule has 1 rings (SSSR count). The standard InChI is InChI=1S/C15H31NO4Si/c1-15(2,3)21(6,7)20-13-10-12(16(17)11-13)8-9-14(18-4)19-5/h13-14H,8-11H2,1-7H3/t13-/m1/s1. The number of methoxy groups -OCH3 is 2. The van der Waals surface area contributed by atoms with Gasteiger partial charge in [-0.25, -0.2) is 4.74 Å². The number of rotatable bonds is 7. The van der Waals surface area contributed by atoms with Crippen molar-refractivity contribution in [3.05, 3.63) is 5.21 Å². The second-order valence-corrected chi connectivity index (χ2v) is 12.0. The van der Waals surface area contributed by atoms with E-state index in [-0.39, 0.29) is 17.4 Å². The topological polar surface area (TPSA) is 53.8 Å². The van der Waals surface area contributed by atoms with Gasteiger partial charge in [0.05, 0.1) is 6.42 Å². The highest BCUT2D eigenvalue weighted by molar-refractivity contribution is 6.74. The molecule has 0 aliphatic carbocycles. The molecule has 0 N–H and O–H groups in total. The summed E-state index contributed by atoms with van der Waals surface area (Å²) in [7, 11) is 1.42. The molecule has 21 heavy (non-hydrogen) atoms. The molecule has 0 fully saturated rings. The quantitative estimate of drug-likeness (QED) is 0.313. The van der Waals surface area contributed by atoms with Gasteiger partial charge in [-0.05, 0) is 18.1 Å². The van der Waals surface area contributed by atoms with Gasteiger partial charge < -0.3 is 19.1 Å². The fourth-order valence-electron chi connectivity index (χ4n) is 2.26. The van der Waals surface area contributed by atoms with Gasteiger partial charge in [-0.2, -0.15) is 0 Å². The third-order valence-electron chi connectivity index (χ3n) is 4.65. The molecule has 5 nitrogen and oxygen atoms in total. The number of hydrogen-bond acceptors (Lipinski definition) is 4. The van der Waals surface area contributed by atoms with Gasteiger partial charge in [-0.1, -0.05) is 20.8 Å². The molecule has 0 saturated carbocycles. The molecule has 6 heteroatoms. The lowest BCUT2D eigenvalue weighted by atomic mass is 10.1. The molecule has 0 bridgehead atoms. The Morgan fingerprint density at radius 2 is 1.86 bits per heavy atom. The maximum absolute atomic E-state index is 12.0. The third-order valence-corrected chi connectivity index (χ3v) is 9.18. The van der Waals surface area contributed by atoms with Crippen LogP contribution >= 0.6 is 0 Å².